The van der Waals surface area contributed by atoms with Crippen LogP contribution in [0, 0.1) is 11.8 Å². The van der Waals surface area contributed by atoms with E-state index in [2.05, 4.69) is 31.0 Å². The molecule has 2 nitrogen and oxygen atoms in total. The Bertz CT molecular complexity index is 195. The Hall–Kier alpha value is -0.0800. The maximum atomic E-state index is 3.51. The molecule has 4 atom stereocenters. The second-order valence-electron chi connectivity index (χ2n) is 5.72. The Morgan fingerprint density at radius 3 is 2.27 bits per heavy atom. The molecule has 2 heteroatoms. The number of hydrogen-bond donors (Lipinski definition) is 1. The Balaban J connectivity index is 1.90. The summed E-state index contributed by atoms with van der Waals surface area (Å²) in [5, 5.41) is 3.51. The average Bonchev–Trinajstić information content (AvgIpc) is 2.58. The van der Waals surface area contributed by atoms with E-state index in [4.69, 9.17) is 0 Å². The zero-order chi connectivity index (χ0) is 10.8. The minimum absolute atomic E-state index is 0.807. The molecule has 2 saturated heterocycles. The van der Waals surface area contributed by atoms with Crippen LogP contribution in [-0.2, 0) is 0 Å². The summed E-state index contributed by atoms with van der Waals surface area (Å²) in [6.45, 7) is 11.0. The van der Waals surface area contributed by atoms with Crippen LogP contribution in [0.1, 0.15) is 40.0 Å². The smallest absolute Gasteiger partial charge is 0.00698 e. The van der Waals surface area contributed by atoms with E-state index in [1.54, 1.807) is 0 Å². The first kappa shape index (κ1) is 11.4. The van der Waals surface area contributed by atoms with Gasteiger partial charge >= 0.3 is 0 Å². The van der Waals surface area contributed by atoms with Gasteiger partial charge in [0.1, 0.15) is 0 Å². The van der Waals surface area contributed by atoms with Crippen LogP contribution < -0.4 is 5.32 Å². The van der Waals surface area contributed by atoms with Gasteiger partial charge in [-0.2, -0.15) is 0 Å². The normalized spacial score (nSPS) is 43.4. The first-order valence-corrected chi connectivity index (χ1v) is 6.65. The van der Waals surface area contributed by atoms with Crippen LogP contribution in [-0.4, -0.2) is 36.6 Å². The Labute approximate surface area is 94.4 Å². The molecular formula is C13H26N2. The molecule has 0 unspecified atom stereocenters. The molecular weight excluding hydrogens is 184 g/mol. The number of nitrogens with zero attached hydrogens (tertiary/aromatic N) is 1. The molecule has 0 radical (unpaired) electrons. The van der Waals surface area contributed by atoms with Gasteiger partial charge < -0.3 is 5.32 Å². The van der Waals surface area contributed by atoms with Gasteiger partial charge in [0.2, 0.25) is 0 Å². The van der Waals surface area contributed by atoms with E-state index >= 15 is 0 Å². The van der Waals surface area contributed by atoms with Crippen molar-refractivity contribution in [1.29, 1.82) is 0 Å². The summed E-state index contributed by atoms with van der Waals surface area (Å²) in [5.41, 5.74) is 0. The highest BCUT2D eigenvalue weighted by atomic mass is 15.2. The second kappa shape index (κ2) is 4.84. The Morgan fingerprint density at radius 2 is 1.73 bits per heavy atom. The minimum Gasteiger partial charge on any atom is -0.316 e. The molecule has 0 bridgehead atoms. The number of nitrogens with one attached hydrogen (secondary N) is 1. The van der Waals surface area contributed by atoms with Crippen molar-refractivity contribution < 1.29 is 0 Å². The molecule has 0 saturated carbocycles. The maximum Gasteiger partial charge on any atom is 0.00698 e. The lowest BCUT2D eigenvalue weighted by Crippen LogP contribution is -2.47. The Kier molecular flexibility index (Phi) is 3.68. The zero-order valence-electron chi connectivity index (χ0n) is 10.5. The van der Waals surface area contributed by atoms with Crippen LogP contribution in [0.15, 0.2) is 0 Å². The second-order valence-corrected chi connectivity index (χ2v) is 5.72. The van der Waals surface area contributed by atoms with Crippen molar-refractivity contribution in [3.63, 3.8) is 0 Å². The van der Waals surface area contributed by atoms with Crippen LogP contribution >= 0.6 is 0 Å². The minimum atomic E-state index is 0.807. The molecule has 0 aromatic carbocycles. The lowest BCUT2D eigenvalue weighted by atomic mass is 9.92. The highest BCUT2D eigenvalue weighted by molar-refractivity contribution is 4.86. The summed E-state index contributed by atoms with van der Waals surface area (Å²) in [7, 11) is 0. The van der Waals surface area contributed by atoms with Crippen LogP contribution in [0.4, 0.5) is 0 Å². The van der Waals surface area contributed by atoms with Crippen LogP contribution in [0.2, 0.25) is 0 Å². The van der Waals surface area contributed by atoms with E-state index in [1.807, 2.05) is 0 Å². The standard InChI is InChI=1S/C13H26N2/c1-10-7-14-8-13(10)9-15-11(2)5-4-6-12(15)3/h10-14H,4-9H2,1-3H3/t10-,11-,12+,13+/m1/s1. The molecule has 2 rings (SSSR count). The van der Waals surface area contributed by atoms with E-state index in [1.165, 1.54) is 38.9 Å². The van der Waals surface area contributed by atoms with E-state index in [0.717, 1.165) is 23.9 Å². The van der Waals surface area contributed by atoms with Crippen molar-refractivity contribution in [3.8, 4) is 0 Å². The van der Waals surface area contributed by atoms with Gasteiger partial charge in [0.05, 0.1) is 0 Å². The summed E-state index contributed by atoms with van der Waals surface area (Å²) >= 11 is 0. The molecule has 0 aromatic rings. The number of likely N-dealkylation sites (tertiary alicyclic amines) is 1. The topological polar surface area (TPSA) is 15.3 Å². The third-order valence-corrected chi connectivity index (χ3v) is 4.50. The molecule has 2 fully saturated rings. The summed E-state index contributed by atoms with van der Waals surface area (Å²) in [6.07, 6.45) is 4.23. The third-order valence-electron chi connectivity index (χ3n) is 4.50. The third kappa shape index (κ3) is 2.54. The van der Waals surface area contributed by atoms with Gasteiger partial charge in [-0.15, -0.1) is 0 Å². The fourth-order valence-corrected chi connectivity index (χ4v) is 3.21. The van der Waals surface area contributed by atoms with Gasteiger partial charge in [-0.3, -0.25) is 4.90 Å². The molecule has 0 amide bonds. The van der Waals surface area contributed by atoms with E-state index in [-0.39, 0.29) is 0 Å². The number of hydrogen-bond acceptors (Lipinski definition) is 2. The van der Waals surface area contributed by atoms with Crippen LogP contribution in [0.3, 0.4) is 0 Å². The van der Waals surface area contributed by atoms with E-state index < -0.39 is 0 Å². The first-order valence-electron chi connectivity index (χ1n) is 6.65. The van der Waals surface area contributed by atoms with E-state index in [0.29, 0.717) is 0 Å². The molecule has 0 aromatic heterocycles. The van der Waals surface area contributed by atoms with Crippen molar-refractivity contribution >= 4 is 0 Å². The summed E-state index contributed by atoms with van der Waals surface area (Å²) in [4.78, 5) is 2.75. The van der Waals surface area contributed by atoms with Gasteiger partial charge in [0, 0.05) is 18.6 Å². The summed E-state index contributed by atoms with van der Waals surface area (Å²) < 4.78 is 0. The molecule has 15 heavy (non-hydrogen) atoms. The molecule has 0 spiro atoms. The quantitative estimate of drug-likeness (QED) is 0.751. The van der Waals surface area contributed by atoms with Crippen molar-refractivity contribution in [3.05, 3.63) is 0 Å². The van der Waals surface area contributed by atoms with Crippen molar-refractivity contribution in [1.82, 2.24) is 10.2 Å². The van der Waals surface area contributed by atoms with Crippen LogP contribution in [0.5, 0.6) is 0 Å². The fraction of sp³-hybridized carbons (Fsp3) is 1.00. The van der Waals surface area contributed by atoms with Crippen LogP contribution in [0.25, 0.3) is 0 Å². The van der Waals surface area contributed by atoms with Gasteiger partial charge in [-0.1, -0.05) is 13.3 Å². The fourth-order valence-electron chi connectivity index (χ4n) is 3.21. The molecule has 2 aliphatic heterocycles. The molecule has 88 valence electrons. The maximum absolute atomic E-state index is 3.51. The lowest BCUT2D eigenvalue weighted by Gasteiger charge is -2.41. The lowest BCUT2D eigenvalue weighted by molar-refractivity contribution is 0.0804. The Morgan fingerprint density at radius 1 is 1.07 bits per heavy atom. The van der Waals surface area contributed by atoms with Gasteiger partial charge in [0.15, 0.2) is 0 Å². The van der Waals surface area contributed by atoms with Gasteiger partial charge in [-0.25, -0.2) is 0 Å². The van der Waals surface area contributed by atoms with Crippen molar-refractivity contribution in [2.45, 2.75) is 52.1 Å². The monoisotopic (exact) mass is 210 g/mol. The molecule has 1 N–H and O–H groups in total. The first-order chi connectivity index (χ1) is 7.18. The number of rotatable bonds is 2. The highest BCUT2D eigenvalue weighted by Gasteiger charge is 2.30. The van der Waals surface area contributed by atoms with Gasteiger partial charge in [-0.05, 0) is 51.6 Å². The summed E-state index contributed by atoms with van der Waals surface area (Å²) in [6, 6.07) is 1.61. The predicted octanol–water partition coefficient (Wildman–Crippen LogP) is 2.10. The highest BCUT2D eigenvalue weighted by Crippen LogP contribution is 2.26. The summed E-state index contributed by atoms with van der Waals surface area (Å²) in [5.74, 6) is 1.75. The molecule has 2 aliphatic rings. The molecule has 2 heterocycles. The van der Waals surface area contributed by atoms with Crippen molar-refractivity contribution in [2.75, 3.05) is 19.6 Å². The largest absolute Gasteiger partial charge is 0.316 e. The zero-order valence-corrected chi connectivity index (χ0v) is 10.5. The van der Waals surface area contributed by atoms with Crippen molar-refractivity contribution in [2.24, 2.45) is 11.8 Å². The average molecular weight is 210 g/mol. The van der Waals surface area contributed by atoms with E-state index in [9.17, 15) is 0 Å². The van der Waals surface area contributed by atoms with Gasteiger partial charge in [0.25, 0.3) is 0 Å². The predicted molar refractivity (Wildman–Crippen MR) is 65.0 cm³/mol. The molecule has 0 aliphatic carbocycles. The number of piperidine rings is 1. The SMILES string of the molecule is C[C@@H]1CNC[C@H]1CN1[C@H](C)CCC[C@@H]1C.